The first-order valence-corrected chi connectivity index (χ1v) is 4.25. The highest BCUT2D eigenvalue weighted by molar-refractivity contribution is 5.92. The molecule has 0 saturated heterocycles. The number of aromatic nitrogens is 2. The first kappa shape index (κ1) is 8.16. The van der Waals surface area contributed by atoms with Crippen LogP contribution in [0.25, 0.3) is 0 Å². The SMILES string of the molecule is O=C(NC1C[CH]C1)c1cnccn1. The van der Waals surface area contributed by atoms with E-state index >= 15 is 0 Å². The number of nitrogens with one attached hydrogen (secondary N) is 1. The van der Waals surface area contributed by atoms with Crippen molar-refractivity contribution in [3.63, 3.8) is 0 Å². The van der Waals surface area contributed by atoms with Crippen LogP contribution >= 0.6 is 0 Å². The lowest BCUT2D eigenvalue weighted by Gasteiger charge is -2.25. The maximum Gasteiger partial charge on any atom is 0.271 e. The van der Waals surface area contributed by atoms with Gasteiger partial charge in [-0.3, -0.25) is 9.78 Å². The fourth-order valence-electron chi connectivity index (χ4n) is 1.13. The summed E-state index contributed by atoms with van der Waals surface area (Å²) in [5.41, 5.74) is 0.384. The van der Waals surface area contributed by atoms with E-state index in [4.69, 9.17) is 0 Å². The molecule has 0 aromatic carbocycles. The Morgan fingerprint density at radius 1 is 1.46 bits per heavy atom. The van der Waals surface area contributed by atoms with Gasteiger partial charge in [0.25, 0.3) is 5.91 Å². The maximum atomic E-state index is 11.4. The van der Waals surface area contributed by atoms with Crippen LogP contribution in [0.4, 0.5) is 0 Å². The van der Waals surface area contributed by atoms with Gasteiger partial charge in [0.1, 0.15) is 5.69 Å². The van der Waals surface area contributed by atoms with Gasteiger partial charge in [0.05, 0.1) is 6.20 Å². The number of rotatable bonds is 2. The second-order valence-electron chi connectivity index (χ2n) is 3.02. The van der Waals surface area contributed by atoms with Crippen molar-refractivity contribution < 1.29 is 4.79 Å². The fourth-order valence-corrected chi connectivity index (χ4v) is 1.13. The van der Waals surface area contributed by atoms with Crippen LogP contribution in [0.3, 0.4) is 0 Å². The van der Waals surface area contributed by atoms with Crippen molar-refractivity contribution in [2.45, 2.75) is 18.9 Å². The predicted octanol–water partition coefficient (Wildman–Crippen LogP) is 0.573. The van der Waals surface area contributed by atoms with Crippen LogP contribution in [0, 0.1) is 6.42 Å². The van der Waals surface area contributed by atoms with E-state index in [0.29, 0.717) is 11.7 Å². The minimum absolute atomic E-state index is 0.133. The normalized spacial score (nSPS) is 16.3. The molecular weight excluding hydrogens is 166 g/mol. The van der Waals surface area contributed by atoms with Crippen molar-refractivity contribution in [3.8, 4) is 0 Å². The molecule has 0 bridgehead atoms. The van der Waals surface area contributed by atoms with E-state index in [1.165, 1.54) is 12.4 Å². The summed E-state index contributed by atoms with van der Waals surface area (Å²) in [6.07, 6.45) is 8.60. The molecule has 1 heterocycles. The Morgan fingerprint density at radius 2 is 2.31 bits per heavy atom. The molecule has 67 valence electrons. The molecule has 1 saturated carbocycles. The topological polar surface area (TPSA) is 54.9 Å². The lowest BCUT2D eigenvalue weighted by atomic mass is 9.93. The fraction of sp³-hybridized carbons (Fsp3) is 0.333. The average molecular weight is 176 g/mol. The molecule has 1 amide bonds. The second kappa shape index (κ2) is 3.51. The van der Waals surface area contributed by atoms with E-state index in [-0.39, 0.29) is 5.91 Å². The highest BCUT2D eigenvalue weighted by Gasteiger charge is 2.20. The van der Waals surface area contributed by atoms with Gasteiger partial charge in [0.15, 0.2) is 0 Å². The summed E-state index contributed by atoms with van der Waals surface area (Å²) in [5.74, 6) is -0.133. The van der Waals surface area contributed by atoms with Crippen LogP contribution < -0.4 is 5.32 Å². The number of carbonyl (C=O) groups excluding carboxylic acids is 1. The third-order valence-electron chi connectivity index (χ3n) is 2.03. The van der Waals surface area contributed by atoms with Gasteiger partial charge in [0.2, 0.25) is 0 Å². The van der Waals surface area contributed by atoms with Crippen molar-refractivity contribution in [1.29, 1.82) is 0 Å². The van der Waals surface area contributed by atoms with Crippen molar-refractivity contribution >= 4 is 5.91 Å². The summed E-state index contributed by atoms with van der Waals surface area (Å²) >= 11 is 0. The molecule has 1 N–H and O–H groups in total. The van der Waals surface area contributed by atoms with Crippen LogP contribution in [0.1, 0.15) is 23.3 Å². The zero-order valence-corrected chi connectivity index (χ0v) is 7.10. The van der Waals surface area contributed by atoms with Gasteiger partial charge in [-0.05, 0) is 19.3 Å². The van der Waals surface area contributed by atoms with Gasteiger partial charge in [-0.1, -0.05) is 0 Å². The van der Waals surface area contributed by atoms with E-state index in [9.17, 15) is 4.79 Å². The quantitative estimate of drug-likeness (QED) is 0.716. The predicted molar refractivity (Wildman–Crippen MR) is 46.8 cm³/mol. The molecular formula is C9H10N3O. The van der Waals surface area contributed by atoms with Gasteiger partial charge < -0.3 is 5.32 Å². The molecule has 0 aliphatic heterocycles. The molecule has 0 unspecified atom stereocenters. The molecule has 1 aromatic rings. The molecule has 2 rings (SSSR count). The summed E-state index contributed by atoms with van der Waals surface area (Å²) in [4.78, 5) is 19.2. The summed E-state index contributed by atoms with van der Waals surface area (Å²) in [6, 6.07) is 0.300. The Balaban J connectivity index is 1.97. The van der Waals surface area contributed by atoms with Crippen molar-refractivity contribution in [2.24, 2.45) is 0 Å². The Labute approximate surface area is 76.4 Å². The molecule has 13 heavy (non-hydrogen) atoms. The summed E-state index contributed by atoms with van der Waals surface area (Å²) in [5, 5.41) is 2.86. The van der Waals surface area contributed by atoms with Gasteiger partial charge >= 0.3 is 0 Å². The smallest absolute Gasteiger partial charge is 0.271 e. The van der Waals surface area contributed by atoms with Crippen LogP contribution in [-0.2, 0) is 0 Å². The standard InChI is InChI=1S/C9H10N3O/c13-9(12-7-2-1-3-7)8-6-10-4-5-11-8/h1,4-7H,2-3H2,(H,12,13). The third-order valence-corrected chi connectivity index (χ3v) is 2.03. The van der Waals surface area contributed by atoms with Crippen molar-refractivity contribution in [2.75, 3.05) is 0 Å². The Hall–Kier alpha value is -1.45. The minimum Gasteiger partial charge on any atom is -0.348 e. The van der Waals surface area contributed by atoms with E-state index in [2.05, 4.69) is 21.7 Å². The number of nitrogens with zero attached hydrogens (tertiary/aromatic N) is 2. The largest absolute Gasteiger partial charge is 0.348 e. The molecule has 0 atom stereocenters. The molecule has 4 heteroatoms. The summed E-state index contributed by atoms with van der Waals surface area (Å²) < 4.78 is 0. The molecule has 4 nitrogen and oxygen atoms in total. The first-order chi connectivity index (χ1) is 6.36. The van der Waals surface area contributed by atoms with Crippen molar-refractivity contribution in [1.82, 2.24) is 15.3 Å². The van der Waals surface area contributed by atoms with Gasteiger partial charge in [0, 0.05) is 18.4 Å². The molecule has 1 aliphatic carbocycles. The van der Waals surface area contributed by atoms with Crippen LogP contribution in [-0.4, -0.2) is 21.9 Å². The number of carbonyl (C=O) groups is 1. The second-order valence-corrected chi connectivity index (χ2v) is 3.02. The number of hydrogen-bond acceptors (Lipinski definition) is 3. The zero-order valence-electron chi connectivity index (χ0n) is 7.10. The average Bonchev–Trinajstić information content (AvgIpc) is 2.12. The van der Waals surface area contributed by atoms with Crippen molar-refractivity contribution in [3.05, 3.63) is 30.7 Å². The van der Waals surface area contributed by atoms with Crippen LogP contribution in [0.15, 0.2) is 18.6 Å². The molecule has 1 fully saturated rings. The molecule has 0 spiro atoms. The Kier molecular flexibility index (Phi) is 2.21. The van der Waals surface area contributed by atoms with Gasteiger partial charge in [-0.2, -0.15) is 0 Å². The monoisotopic (exact) mass is 176 g/mol. The highest BCUT2D eigenvalue weighted by atomic mass is 16.1. The maximum absolute atomic E-state index is 11.4. The lowest BCUT2D eigenvalue weighted by Crippen LogP contribution is -2.40. The summed E-state index contributed by atoms with van der Waals surface area (Å²) in [7, 11) is 0. The lowest BCUT2D eigenvalue weighted by molar-refractivity contribution is 0.0922. The molecule has 1 aromatic heterocycles. The Bertz CT molecular complexity index is 295. The van der Waals surface area contributed by atoms with E-state index in [0.717, 1.165) is 12.8 Å². The summed E-state index contributed by atoms with van der Waals surface area (Å²) in [6.45, 7) is 0. The first-order valence-electron chi connectivity index (χ1n) is 4.25. The van der Waals surface area contributed by atoms with E-state index in [1.54, 1.807) is 6.20 Å². The molecule has 1 radical (unpaired) electrons. The van der Waals surface area contributed by atoms with Crippen LogP contribution in [0.2, 0.25) is 0 Å². The van der Waals surface area contributed by atoms with E-state index < -0.39 is 0 Å². The number of amides is 1. The number of hydrogen-bond donors (Lipinski definition) is 1. The third kappa shape index (κ3) is 1.83. The zero-order chi connectivity index (χ0) is 9.10. The van der Waals surface area contributed by atoms with E-state index in [1.807, 2.05) is 0 Å². The highest BCUT2D eigenvalue weighted by Crippen LogP contribution is 2.16. The molecule has 1 aliphatic rings. The van der Waals surface area contributed by atoms with Crippen LogP contribution in [0.5, 0.6) is 0 Å². The Morgan fingerprint density at radius 3 is 2.85 bits per heavy atom. The van der Waals surface area contributed by atoms with Gasteiger partial charge in [-0.25, -0.2) is 4.98 Å². The van der Waals surface area contributed by atoms with Gasteiger partial charge in [-0.15, -0.1) is 0 Å². The minimum atomic E-state index is -0.133.